The number of rotatable bonds is 8. The fraction of sp³-hybridized carbons (Fsp3) is 0.391. The van der Waals surface area contributed by atoms with Crippen LogP contribution >= 0.6 is 0 Å². The summed E-state index contributed by atoms with van der Waals surface area (Å²) in [6.45, 7) is 8.74. The number of anilines is 1. The second-order valence-corrected chi connectivity index (χ2v) is 7.76. The molecule has 0 spiro atoms. The standard InChI is InChI=1S/C23H31N5O2/c1-18(2)27-12-14-28(15-13-27)22(29)17-24-16-19-8-10-20(11-9-19)23(30)26-25-21-6-4-3-5-7-21/h3-11,18,24-25H,12-17H2,1-2H3,(H,26,30). The fourth-order valence-electron chi connectivity index (χ4n) is 3.41. The Morgan fingerprint density at radius 2 is 1.60 bits per heavy atom. The number of piperazine rings is 1. The summed E-state index contributed by atoms with van der Waals surface area (Å²) < 4.78 is 0. The van der Waals surface area contributed by atoms with Gasteiger partial charge in [-0.05, 0) is 43.7 Å². The Balaban J connectivity index is 1.38. The van der Waals surface area contributed by atoms with E-state index in [2.05, 4.69) is 34.9 Å². The second kappa shape index (κ2) is 10.8. The highest BCUT2D eigenvalue weighted by molar-refractivity contribution is 5.94. The lowest BCUT2D eigenvalue weighted by atomic mass is 10.1. The van der Waals surface area contributed by atoms with Gasteiger partial charge >= 0.3 is 0 Å². The lowest BCUT2D eigenvalue weighted by Crippen LogP contribution is -2.52. The molecule has 160 valence electrons. The zero-order chi connectivity index (χ0) is 21.3. The van der Waals surface area contributed by atoms with E-state index in [1.807, 2.05) is 47.4 Å². The third-order valence-corrected chi connectivity index (χ3v) is 5.31. The molecule has 0 aromatic heterocycles. The van der Waals surface area contributed by atoms with E-state index >= 15 is 0 Å². The van der Waals surface area contributed by atoms with E-state index in [-0.39, 0.29) is 11.8 Å². The SMILES string of the molecule is CC(C)N1CCN(C(=O)CNCc2ccc(C(=O)NNc3ccccc3)cc2)CC1. The van der Waals surface area contributed by atoms with Crippen LogP contribution in [-0.2, 0) is 11.3 Å². The maximum atomic E-state index is 12.4. The summed E-state index contributed by atoms with van der Waals surface area (Å²) in [4.78, 5) is 28.9. The molecule has 1 fully saturated rings. The first kappa shape index (κ1) is 21.8. The summed E-state index contributed by atoms with van der Waals surface area (Å²) in [6, 6.07) is 17.4. The van der Waals surface area contributed by atoms with Gasteiger partial charge in [-0.1, -0.05) is 30.3 Å². The third-order valence-electron chi connectivity index (χ3n) is 5.31. The summed E-state index contributed by atoms with van der Waals surface area (Å²) in [5, 5.41) is 3.21. The number of carbonyl (C=O) groups is 2. The minimum atomic E-state index is -0.200. The number of nitrogens with zero attached hydrogens (tertiary/aromatic N) is 2. The summed E-state index contributed by atoms with van der Waals surface area (Å²) in [5.41, 5.74) is 7.99. The largest absolute Gasteiger partial charge is 0.339 e. The molecule has 0 aliphatic carbocycles. The highest BCUT2D eigenvalue weighted by Gasteiger charge is 2.21. The Morgan fingerprint density at radius 3 is 2.23 bits per heavy atom. The van der Waals surface area contributed by atoms with Crippen molar-refractivity contribution in [3.05, 3.63) is 65.7 Å². The van der Waals surface area contributed by atoms with Gasteiger partial charge in [0.05, 0.1) is 12.2 Å². The van der Waals surface area contributed by atoms with E-state index in [4.69, 9.17) is 0 Å². The average Bonchev–Trinajstić information content (AvgIpc) is 2.78. The lowest BCUT2D eigenvalue weighted by molar-refractivity contribution is -0.132. The lowest BCUT2D eigenvalue weighted by Gasteiger charge is -2.37. The van der Waals surface area contributed by atoms with Crippen molar-refractivity contribution < 1.29 is 9.59 Å². The highest BCUT2D eigenvalue weighted by atomic mass is 16.2. The number of hydrazine groups is 1. The van der Waals surface area contributed by atoms with Gasteiger partial charge < -0.3 is 10.2 Å². The van der Waals surface area contributed by atoms with Crippen molar-refractivity contribution in [3.63, 3.8) is 0 Å². The Morgan fingerprint density at radius 1 is 0.933 bits per heavy atom. The van der Waals surface area contributed by atoms with Crippen LogP contribution in [0, 0.1) is 0 Å². The molecule has 1 aliphatic rings. The molecule has 1 aliphatic heterocycles. The molecule has 1 saturated heterocycles. The first-order valence-corrected chi connectivity index (χ1v) is 10.5. The summed E-state index contributed by atoms with van der Waals surface area (Å²) >= 11 is 0. The number of amides is 2. The molecule has 30 heavy (non-hydrogen) atoms. The van der Waals surface area contributed by atoms with E-state index < -0.39 is 0 Å². The van der Waals surface area contributed by atoms with Crippen molar-refractivity contribution in [2.45, 2.75) is 26.4 Å². The van der Waals surface area contributed by atoms with Gasteiger partial charge in [-0.15, -0.1) is 0 Å². The Kier molecular flexibility index (Phi) is 7.82. The third kappa shape index (κ3) is 6.30. The van der Waals surface area contributed by atoms with E-state index in [0.29, 0.717) is 24.7 Å². The molecule has 7 heteroatoms. The molecule has 0 radical (unpaired) electrons. The first-order valence-electron chi connectivity index (χ1n) is 10.5. The van der Waals surface area contributed by atoms with Gasteiger partial charge in [-0.3, -0.25) is 25.3 Å². The molecular weight excluding hydrogens is 378 g/mol. The molecule has 7 nitrogen and oxygen atoms in total. The molecule has 0 bridgehead atoms. The minimum absolute atomic E-state index is 0.140. The van der Waals surface area contributed by atoms with Crippen molar-refractivity contribution in [3.8, 4) is 0 Å². The van der Waals surface area contributed by atoms with Crippen LogP contribution in [0.1, 0.15) is 29.8 Å². The smallest absolute Gasteiger partial charge is 0.269 e. The fourth-order valence-corrected chi connectivity index (χ4v) is 3.41. The molecule has 0 saturated carbocycles. The van der Waals surface area contributed by atoms with Crippen LogP contribution < -0.4 is 16.2 Å². The number of carbonyl (C=O) groups excluding carboxylic acids is 2. The zero-order valence-corrected chi connectivity index (χ0v) is 17.7. The number of nitrogens with one attached hydrogen (secondary N) is 3. The monoisotopic (exact) mass is 409 g/mol. The quantitative estimate of drug-likeness (QED) is 0.582. The highest BCUT2D eigenvalue weighted by Crippen LogP contribution is 2.08. The van der Waals surface area contributed by atoms with Crippen LogP contribution in [0.15, 0.2) is 54.6 Å². The van der Waals surface area contributed by atoms with E-state index in [1.54, 1.807) is 12.1 Å². The Hall–Kier alpha value is -2.90. The van der Waals surface area contributed by atoms with Crippen LogP contribution in [0.25, 0.3) is 0 Å². The summed E-state index contributed by atoms with van der Waals surface area (Å²) in [7, 11) is 0. The molecule has 2 aromatic carbocycles. The predicted molar refractivity (Wildman–Crippen MR) is 119 cm³/mol. The van der Waals surface area contributed by atoms with Gasteiger partial charge in [0, 0.05) is 44.3 Å². The summed E-state index contributed by atoms with van der Waals surface area (Å²) in [5.74, 6) is -0.0597. The van der Waals surface area contributed by atoms with Gasteiger partial charge in [-0.2, -0.15) is 0 Å². The zero-order valence-electron chi connectivity index (χ0n) is 17.7. The van der Waals surface area contributed by atoms with Crippen LogP contribution in [0.5, 0.6) is 0 Å². The van der Waals surface area contributed by atoms with Gasteiger partial charge in [0.15, 0.2) is 0 Å². The Labute approximate surface area is 178 Å². The van der Waals surface area contributed by atoms with Crippen LogP contribution in [-0.4, -0.2) is 60.4 Å². The summed E-state index contributed by atoms with van der Waals surface area (Å²) in [6.07, 6.45) is 0. The molecule has 0 unspecified atom stereocenters. The normalized spacial score (nSPS) is 14.6. The second-order valence-electron chi connectivity index (χ2n) is 7.76. The topological polar surface area (TPSA) is 76.7 Å². The average molecular weight is 410 g/mol. The van der Waals surface area contributed by atoms with Crippen molar-refractivity contribution >= 4 is 17.5 Å². The van der Waals surface area contributed by atoms with E-state index in [9.17, 15) is 9.59 Å². The maximum Gasteiger partial charge on any atom is 0.269 e. The van der Waals surface area contributed by atoms with Crippen molar-refractivity contribution in [1.29, 1.82) is 0 Å². The molecule has 3 rings (SSSR count). The molecule has 2 amide bonds. The van der Waals surface area contributed by atoms with Crippen LogP contribution in [0.2, 0.25) is 0 Å². The van der Waals surface area contributed by atoms with Gasteiger partial charge in [-0.25, -0.2) is 0 Å². The van der Waals surface area contributed by atoms with Crippen LogP contribution in [0.4, 0.5) is 5.69 Å². The van der Waals surface area contributed by atoms with Crippen LogP contribution in [0.3, 0.4) is 0 Å². The van der Waals surface area contributed by atoms with Gasteiger partial charge in [0.1, 0.15) is 0 Å². The van der Waals surface area contributed by atoms with E-state index in [1.165, 1.54) is 0 Å². The predicted octanol–water partition coefficient (Wildman–Crippen LogP) is 2.09. The maximum absolute atomic E-state index is 12.4. The Bertz CT molecular complexity index is 815. The van der Waals surface area contributed by atoms with Gasteiger partial charge in [0.2, 0.25) is 5.91 Å². The van der Waals surface area contributed by atoms with E-state index in [0.717, 1.165) is 37.4 Å². The molecule has 1 heterocycles. The minimum Gasteiger partial charge on any atom is -0.339 e. The van der Waals surface area contributed by atoms with Crippen molar-refractivity contribution in [2.24, 2.45) is 0 Å². The molecular formula is C23H31N5O2. The molecule has 3 N–H and O–H groups in total. The number of hydrogen-bond acceptors (Lipinski definition) is 5. The van der Waals surface area contributed by atoms with Crippen molar-refractivity contribution in [2.75, 3.05) is 38.1 Å². The number of para-hydroxylation sites is 1. The number of benzene rings is 2. The first-order chi connectivity index (χ1) is 14.5. The number of hydrogen-bond donors (Lipinski definition) is 3. The molecule has 2 aromatic rings. The molecule has 0 atom stereocenters. The van der Waals surface area contributed by atoms with Crippen molar-refractivity contribution in [1.82, 2.24) is 20.5 Å². The van der Waals surface area contributed by atoms with Gasteiger partial charge in [0.25, 0.3) is 5.91 Å².